The van der Waals surface area contributed by atoms with Gasteiger partial charge in [0.1, 0.15) is 11.3 Å². The van der Waals surface area contributed by atoms with Crippen LogP contribution in [0.4, 0.5) is 0 Å². The normalized spacial score (nSPS) is 10.9. The monoisotopic (exact) mass is 280 g/mol. The van der Waals surface area contributed by atoms with Gasteiger partial charge in [-0.25, -0.2) is 0 Å². The predicted molar refractivity (Wildman–Crippen MR) is 82.4 cm³/mol. The van der Waals surface area contributed by atoms with Crippen LogP contribution in [0.1, 0.15) is 18.2 Å². The summed E-state index contributed by atoms with van der Waals surface area (Å²) in [5.74, 6) is 0.0484. The molecule has 3 rings (SSSR count). The van der Waals surface area contributed by atoms with Crippen LogP contribution in [-0.4, -0.2) is 11.1 Å². The Labute approximate surface area is 122 Å². The molecule has 0 atom stereocenters. The first-order valence-electron chi connectivity index (χ1n) is 7.01. The molecule has 2 aromatic carbocycles. The molecule has 1 N–H and O–H groups in total. The number of carbonyl (C=O) groups is 1. The van der Waals surface area contributed by atoms with Crippen LogP contribution in [0.3, 0.4) is 0 Å². The number of carboxylic acid groups (broad SMARTS) is 1. The van der Waals surface area contributed by atoms with Crippen LogP contribution >= 0.6 is 0 Å². The first-order valence-corrected chi connectivity index (χ1v) is 7.01. The van der Waals surface area contributed by atoms with Crippen molar-refractivity contribution in [2.24, 2.45) is 0 Å². The SMILES string of the molecule is CCc1oc2c(CC(=O)O)cccc2c1-c1ccccc1. The molecule has 0 amide bonds. The van der Waals surface area contributed by atoms with Crippen LogP contribution in [0.2, 0.25) is 0 Å². The molecule has 106 valence electrons. The molecule has 0 radical (unpaired) electrons. The fourth-order valence-corrected chi connectivity index (χ4v) is 2.70. The van der Waals surface area contributed by atoms with E-state index >= 15 is 0 Å². The number of carboxylic acids is 1. The Morgan fingerprint density at radius 3 is 2.52 bits per heavy atom. The van der Waals surface area contributed by atoms with Crippen LogP contribution in [-0.2, 0) is 17.6 Å². The summed E-state index contributed by atoms with van der Waals surface area (Å²) in [4.78, 5) is 11.0. The molecule has 0 aliphatic heterocycles. The second-order valence-corrected chi connectivity index (χ2v) is 4.98. The van der Waals surface area contributed by atoms with E-state index in [4.69, 9.17) is 9.52 Å². The number of para-hydroxylation sites is 1. The molecule has 1 heterocycles. The largest absolute Gasteiger partial charge is 0.481 e. The molecular formula is C18H16O3. The lowest BCUT2D eigenvalue weighted by atomic mass is 9.99. The first kappa shape index (κ1) is 13.4. The third-order valence-electron chi connectivity index (χ3n) is 3.60. The predicted octanol–water partition coefficient (Wildman–Crippen LogP) is 4.29. The highest BCUT2D eigenvalue weighted by Gasteiger charge is 2.17. The standard InChI is InChI=1S/C18H16O3/c1-2-15-17(12-7-4-3-5-8-12)14-10-6-9-13(11-16(19)20)18(14)21-15/h3-10H,2,11H2,1H3,(H,19,20). The fraction of sp³-hybridized carbons (Fsp3) is 0.167. The number of aryl methyl sites for hydroxylation is 1. The molecule has 1 aromatic heterocycles. The summed E-state index contributed by atoms with van der Waals surface area (Å²) in [5, 5.41) is 10.0. The van der Waals surface area contributed by atoms with E-state index in [9.17, 15) is 4.79 Å². The Morgan fingerprint density at radius 1 is 1.10 bits per heavy atom. The van der Waals surface area contributed by atoms with E-state index in [2.05, 4.69) is 0 Å². The summed E-state index contributed by atoms with van der Waals surface area (Å²) in [6, 6.07) is 15.8. The van der Waals surface area contributed by atoms with Crippen molar-refractivity contribution < 1.29 is 14.3 Å². The molecule has 3 aromatic rings. The van der Waals surface area contributed by atoms with E-state index in [-0.39, 0.29) is 6.42 Å². The molecule has 21 heavy (non-hydrogen) atoms. The smallest absolute Gasteiger partial charge is 0.307 e. The third kappa shape index (κ3) is 2.42. The summed E-state index contributed by atoms with van der Waals surface area (Å²) in [7, 11) is 0. The van der Waals surface area contributed by atoms with Gasteiger partial charge in [0.25, 0.3) is 0 Å². The van der Waals surface area contributed by atoms with E-state index in [0.29, 0.717) is 5.58 Å². The minimum Gasteiger partial charge on any atom is -0.481 e. The van der Waals surface area contributed by atoms with Crippen molar-refractivity contribution >= 4 is 16.9 Å². The fourth-order valence-electron chi connectivity index (χ4n) is 2.70. The van der Waals surface area contributed by atoms with Crippen LogP contribution in [0.25, 0.3) is 22.1 Å². The second kappa shape index (κ2) is 5.44. The minimum absolute atomic E-state index is 0.0256. The highest BCUT2D eigenvalue weighted by Crippen LogP contribution is 2.36. The van der Waals surface area contributed by atoms with Gasteiger partial charge in [0.15, 0.2) is 0 Å². The van der Waals surface area contributed by atoms with Crippen molar-refractivity contribution in [2.45, 2.75) is 19.8 Å². The number of furan rings is 1. The van der Waals surface area contributed by atoms with Gasteiger partial charge in [-0.2, -0.15) is 0 Å². The van der Waals surface area contributed by atoms with Gasteiger partial charge in [0.2, 0.25) is 0 Å². The summed E-state index contributed by atoms with van der Waals surface area (Å²) in [6.07, 6.45) is 0.744. The summed E-state index contributed by atoms with van der Waals surface area (Å²) in [6.45, 7) is 2.04. The molecule has 0 fully saturated rings. The quantitative estimate of drug-likeness (QED) is 0.775. The second-order valence-electron chi connectivity index (χ2n) is 4.98. The van der Waals surface area contributed by atoms with Crippen LogP contribution in [0.15, 0.2) is 52.9 Å². The Hall–Kier alpha value is -2.55. The maximum atomic E-state index is 11.0. The Morgan fingerprint density at radius 2 is 1.86 bits per heavy atom. The Bertz CT molecular complexity index is 785. The van der Waals surface area contributed by atoms with Crippen LogP contribution in [0, 0.1) is 0 Å². The Balaban J connectivity index is 2.27. The van der Waals surface area contributed by atoms with Gasteiger partial charge in [0.05, 0.1) is 6.42 Å². The van der Waals surface area contributed by atoms with Gasteiger partial charge in [-0.1, -0.05) is 55.5 Å². The summed E-state index contributed by atoms with van der Waals surface area (Å²) < 4.78 is 5.97. The molecule has 0 aliphatic carbocycles. The number of benzene rings is 2. The van der Waals surface area contributed by atoms with Gasteiger partial charge in [0, 0.05) is 22.9 Å². The lowest BCUT2D eigenvalue weighted by molar-refractivity contribution is -0.136. The molecule has 3 nitrogen and oxygen atoms in total. The van der Waals surface area contributed by atoms with E-state index in [1.165, 1.54) is 0 Å². The minimum atomic E-state index is -0.849. The van der Waals surface area contributed by atoms with Crippen molar-refractivity contribution in [3.63, 3.8) is 0 Å². The molecule has 0 unspecified atom stereocenters. The number of hydrogen-bond donors (Lipinski definition) is 1. The van der Waals surface area contributed by atoms with Crippen molar-refractivity contribution in [3.05, 3.63) is 59.9 Å². The molecule has 0 saturated carbocycles. The van der Waals surface area contributed by atoms with E-state index in [0.717, 1.165) is 34.3 Å². The van der Waals surface area contributed by atoms with E-state index < -0.39 is 5.97 Å². The molecule has 3 heteroatoms. The molecule has 0 saturated heterocycles. The third-order valence-corrected chi connectivity index (χ3v) is 3.60. The van der Waals surface area contributed by atoms with E-state index in [1.807, 2.05) is 55.5 Å². The highest BCUT2D eigenvalue weighted by molar-refractivity contribution is 5.98. The van der Waals surface area contributed by atoms with Gasteiger partial charge < -0.3 is 9.52 Å². The van der Waals surface area contributed by atoms with Gasteiger partial charge in [-0.15, -0.1) is 0 Å². The number of hydrogen-bond acceptors (Lipinski definition) is 2. The number of aliphatic carboxylic acids is 1. The zero-order valence-corrected chi connectivity index (χ0v) is 11.8. The lowest BCUT2D eigenvalue weighted by Gasteiger charge is -2.01. The maximum absolute atomic E-state index is 11.0. The number of rotatable bonds is 4. The van der Waals surface area contributed by atoms with Crippen molar-refractivity contribution in [1.29, 1.82) is 0 Å². The molecule has 0 bridgehead atoms. The lowest BCUT2D eigenvalue weighted by Crippen LogP contribution is -1.99. The number of fused-ring (bicyclic) bond motifs is 1. The van der Waals surface area contributed by atoms with Crippen molar-refractivity contribution in [1.82, 2.24) is 0 Å². The van der Waals surface area contributed by atoms with Gasteiger partial charge in [-0.05, 0) is 5.56 Å². The zero-order valence-electron chi connectivity index (χ0n) is 11.8. The summed E-state index contributed by atoms with van der Waals surface area (Å²) in [5.41, 5.74) is 3.58. The zero-order chi connectivity index (χ0) is 14.8. The highest BCUT2D eigenvalue weighted by atomic mass is 16.4. The van der Waals surface area contributed by atoms with Crippen LogP contribution < -0.4 is 0 Å². The van der Waals surface area contributed by atoms with Crippen molar-refractivity contribution in [2.75, 3.05) is 0 Å². The van der Waals surface area contributed by atoms with Crippen LogP contribution in [0.5, 0.6) is 0 Å². The molecule has 0 spiro atoms. The Kier molecular flexibility index (Phi) is 3.48. The van der Waals surface area contributed by atoms with E-state index in [1.54, 1.807) is 0 Å². The molecule has 0 aliphatic rings. The first-order chi connectivity index (χ1) is 10.2. The maximum Gasteiger partial charge on any atom is 0.307 e. The average Bonchev–Trinajstić information content (AvgIpc) is 2.87. The topological polar surface area (TPSA) is 50.4 Å². The summed E-state index contributed by atoms with van der Waals surface area (Å²) >= 11 is 0. The van der Waals surface area contributed by atoms with Crippen molar-refractivity contribution in [3.8, 4) is 11.1 Å². The van der Waals surface area contributed by atoms with Gasteiger partial charge >= 0.3 is 5.97 Å². The average molecular weight is 280 g/mol. The molecular weight excluding hydrogens is 264 g/mol. The van der Waals surface area contributed by atoms with Gasteiger partial charge in [-0.3, -0.25) is 4.79 Å².